The molecular weight excluding hydrogens is 204 g/mol. The number of carbonyl (C=O) groups is 1. The van der Waals surface area contributed by atoms with Crippen LogP contribution in [0.2, 0.25) is 0 Å². The van der Waals surface area contributed by atoms with Crippen molar-refractivity contribution >= 4 is 5.91 Å². The Labute approximate surface area is 97.6 Å². The summed E-state index contributed by atoms with van der Waals surface area (Å²) in [5.74, 6) is 0.0565. The minimum Gasteiger partial charge on any atom is -0.391 e. The van der Waals surface area contributed by atoms with E-state index >= 15 is 0 Å². The molecule has 1 saturated carbocycles. The van der Waals surface area contributed by atoms with Gasteiger partial charge in [0.25, 0.3) is 0 Å². The highest BCUT2D eigenvalue weighted by Crippen LogP contribution is 2.18. The molecule has 0 heterocycles. The predicted octanol–water partition coefficient (Wildman–Crippen LogP) is 0.779. The number of aliphatic hydroxyl groups excluding tert-OH is 1. The summed E-state index contributed by atoms with van der Waals surface area (Å²) in [7, 11) is 0. The van der Waals surface area contributed by atoms with Crippen molar-refractivity contribution < 1.29 is 9.90 Å². The van der Waals surface area contributed by atoms with Gasteiger partial charge >= 0.3 is 0 Å². The van der Waals surface area contributed by atoms with Gasteiger partial charge in [-0.05, 0) is 18.8 Å². The first-order valence-electron chi connectivity index (χ1n) is 6.30. The Kier molecular flexibility index (Phi) is 5.22. The highest BCUT2D eigenvalue weighted by atomic mass is 16.3. The number of rotatable bonds is 4. The Morgan fingerprint density at radius 2 is 2.12 bits per heavy atom. The third-order valence-electron chi connectivity index (χ3n) is 3.62. The van der Waals surface area contributed by atoms with E-state index in [9.17, 15) is 9.90 Å². The van der Waals surface area contributed by atoms with E-state index in [1.54, 1.807) is 0 Å². The van der Waals surface area contributed by atoms with Crippen molar-refractivity contribution in [1.82, 2.24) is 5.32 Å². The molecule has 0 aromatic carbocycles. The summed E-state index contributed by atoms with van der Waals surface area (Å²) in [6.07, 6.45) is 4.25. The summed E-state index contributed by atoms with van der Waals surface area (Å²) in [4.78, 5) is 11.8. The Morgan fingerprint density at radius 3 is 2.69 bits per heavy atom. The number of hydrogen-bond donors (Lipinski definition) is 3. The van der Waals surface area contributed by atoms with Crippen molar-refractivity contribution in [2.75, 3.05) is 0 Å². The van der Waals surface area contributed by atoms with Crippen LogP contribution in [-0.4, -0.2) is 29.2 Å². The Bertz CT molecular complexity index is 233. The van der Waals surface area contributed by atoms with Crippen molar-refractivity contribution in [1.29, 1.82) is 0 Å². The second-order valence-corrected chi connectivity index (χ2v) is 4.88. The van der Waals surface area contributed by atoms with Crippen molar-refractivity contribution in [2.24, 2.45) is 11.7 Å². The molecule has 4 N–H and O–H groups in total. The van der Waals surface area contributed by atoms with Gasteiger partial charge < -0.3 is 16.2 Å². The van der Waals surface area contributed by atoms with Crippen LogP contribution < -0.4 is 11.1 Å². The van der Waals surface area contributed by atoms with Crippen molar-refractivity contribution in [3.05, 3.63) is 0 Å². The van der Waals surface area contributed by atoms with Gasteiger partial charge in [-0.3, -0.25) is 4.79 Å². The molecule has 0 unspecified atom stereocenters. The van der Waals surface area contributed by atoms with Gasteiger partial charge in [0, 0.05) is 0 Å². The molecule has 0 bridgehead atoms. The minimum atomic E-state index is -0.459. The third-order valence-corrected chi connectivity index (χ3v) is 3.62. The molecule has 4 heteroatoms. The van der Waals surface area contributed by atoms with E-state index in [1.165, 1.54) is 0 Å². The van der Waals surface area contributed by atoms with Crippen LogP contribution in [0.5, 0.6) is 0 Å². The molecule has 1 aliphatic carbocycles. The number of carbonyl (C=O) groups excluding carboxylic acids is 1. The Hall–Kier alpha value is -0.610. The highest BCUT2D eigenvalue weighted by molar-refractivity contribution is 5.82. The Morgan fingerprint density at radius 1 is 1.50 bits per heavy atom. The fourth-order valence-corrected chi connectivity index (χ4v) is 2.07. The number of nitrogens with one attached hydrogen (secondary N) is 1. The maximum Gasteiger partial charge on any atom is 0.237 e. The zero-order valence-electron chi connectivity index (χ0n) is 10.3. The molecule has 94 valence electrons. The topological polar surface area (TPSA) is 75.4 Å². The first kappa shape index (κ1) is 13.5. The van der Waals surface area contributed by atoms with Gasteiger partial charge in [0.1, 0.15) is 0 Å². The SMILES string of the molecule is CC[C@H](C)[C@H](N)C(=O)N[C@@H]1CCCC[C@H]1O. The zero-order valence-corrected chi connectivity index (χ0v) is 10.3. The largest absolute Gasteiger partial charge is 0.391 e. The van der Waals surface area contributed by atoms with E-state index in [2.05, 4.69) is 5.32 Å². The van der Waals surface area contributed by atoms with Crippen LogP contribution in [0.1, 0.15) is 46.0 Å². The van der Waals surface area contributed by atoms with Crippen molar-refractivity contribution in [3.63, 3.8) is 0 Å². The highest BCUT2D eigenvalue weighted by Gasteiger charge is 2.27. The lowest BCUT2D eigenvalue weighted by molar-refractivity contribution is -0.125. The van der Waals surface area contributed by atoms with E-state index in [4.69, 9.17) is 5.73 Å². The summed E-state index contributed by atoms with van der Waals surface area (Å²) in [6.45, 7) is 3.99. The lowest BCUT2D eigenvalue weighted by Crippen LogP contribution is -2.52. The number of amides is 1. The van der Waals surface area contributed by atoms with E-state index in [1.807, 2.05) is 13.8 Å². The minimum absolute atomic E-state index is 0.101. The average molecular weight is 228 g/mol. The molecule has 0 radical (unpaired) electrons. The first-order valence-corrected chi connectivity index (χ1v) is 6.30. The van der Waals surface area contributed by atoms with Gasteiger partial charge in [-0.2, -0.15) is 0 Å². The Balaban J connectivity index is 2.43. The van der Waals surface area contributed by atoms with Gasteiger partial charge in [-0.15, -0.1) is 0 Å². The van der Waals surface area contributed by atoms with Gasteiger partial charge in [-0.25, -0.2) is 0 Å². The molecule has 0 aromatic rings. The van der Waals surface area contributed by atoms with Gasteiger partial charge in [0.05, 0.1) is 18.2 Å². The molecule has 1 rings (SSSR count). The fraction of sp³-hybridized carbons (Fsp3) is 0.917. The molecule has 1 fully saturated rings. The molecule has 0 aliphatic heterocycles. The molecule has 4 atom stereocenters. The smallest absolute Gasteiger partial charge is 0.237 e. The van der Waals surface area contributed by atoms with Crippen molar-refractivity contribution in [2.45, 2.75) is 64.1 Å². The van der Waals surface area contributed by atoms with Gasteiger partial charge in [-0.1, -0.05) is 33.1 Å². The third kappa shape index (κ3) is 3.46. The van der Waals surface area contributed by atoms with E-state index < -0.39 is 12.1 Å². The molecular formula is C12H24N2O2. The molecule has 0 aromatic heterocycles. The number of aliphatic hydroxyl groups is 1. The maximum absolute atomic E-state index is 11.8. The summed E-state index contributed by atoms with van der Waals surface area (Å²) < 4.78 is 0. The van der Waals surface area contributed by atoms with Gasteiger partial charge in [0.15, 0.2) is 0 Å². The van der Waals surface area contributed by atoms with Crippen LogP contribution in [0.25, 0.3) is 0 Å². The molecule has 16 heavy (non-hydrogen) atoms. The summed E-state index contributed by atoms with van der Waals surface area (Å²) in [5.41, 5.74) is 5.84. The van der Waals surface area contributed by atoms with Gasteiger partial charge in [0.2, 0.25) is 5.91 Å². The quantitative estimate of drug-likeness (QED) is 0.665. The average Bonchev–Trinajstić information content (AvgIpc) is 2.30. The lowest BCUT2D eigenvalue weighted by atomic mass is 9.91. The van der Waals surface area contributed by atoms with Crippen LogP contribution in [0.15, 0.2) is 0 Å². The molecule has 0 saturated heterocycles. The van der Waals surface area contributed by atoms with Crippen LogP contribution >= 0.6 is 0 Å². The predicted molar refractivity (Wildman–Crippen MR) is 63.8 cm³/mol. The maximum atomic E-state index is 11.8. The second kappa shape index (κ2) is 6.21. The summed E-state index contributed by atoms with van der Waals surface area (Å²) >= 11 is 0. The summed E-state index contributed by atoms with van der Waals surface area (Å²) in [6, 6.07) is -0.560. The van der Waals surface area contributed by atoms with Crippen molar-refractivity contribution in [3.8, 4) is 0 Å². The van der Waals surface area contributed by atoms with Crippen LogP contribution in [0.3, 0.4) is 0 Å². The van der Waals surface area contributed by atoms with Crippen LogP contribution in [0.4, 0.5) is 0 Å². The molecule has 1 amide bonds. The fourth-order valence-electron chi connectivity index (χ4n) is 2.07. The lowest BCUT2D eigenvalue weighted by Gasteiger charge is -2.30. The zero-order chi connectivity index (χ0) is 12.1. The van der Waals surface area contributed by atoms with E-state index in [0.29, 0.717) is 0 Å². The van der Waals surface area contributed by atoms with Crippen LogP contribution in [-0.2, 0) is 4.79 Å². The molecule has 4 nitrogen and oxygen atoms in total. The number of hydrogen-bond acceptors (Lipinski definition) is 3. The number of nitrogens with two attached hydrogens (primary N) is 1. The monoisotopic (exact) mass is 228 g/mol. The van der Waals surface area contributed by atoms with E-state index in [0.717, 1.165) is 32.1 Å². The molecule has 1 aliphatic rings. The normalized spacial score (nSPS) is 29.5. The first-order chi connectivity index (χ1) is 7.56. The molecule has 0 spiro atoms. The van der Waals surface area contributed by atoms with E-state index in [-0.39, 0.29) is 17.9 Å². The van der Waals surface area contributed by atoms with Crippen LogP contribution in [0, 0.1) is 5.92 Å². The summed E-state index contributed by atoms with van der Waals surface area (Å²) in [5, 5.41) is 12.6. The standard InChI is InChI=1S/C12H24N2O2/c1-3-8(2)11(13)12(16)14-9-6-4-5-7-10(9)15/h8-11,15H,3-7,13H2,1-2H3,(H,14,16)/t8-,9+,10+,11-/m0/s1. The second-order valence-electron chi connectivity index (χ2n) is 4.88.